The summed E-state index contributed by atoms with van der Waals surface area (Å²) < 4.78 is 22.5. The normalized spacial score (nSPS) is 11.3. The van der Waals surface area contributed by atoms with Crippen molar-refractivity contribution in [1.82, 2.24) is 9.87 Å². The quantitative estimate of drug-likeness (QED) is 0.685. The largest absolute Gasteiger partial charge is 0.478 e. The summed E-state index contributed by atoms with van der Waals surface area (Å²) in [5, 5.41) is 8.24. The second-order valence-corrected chi connectivity index (χ2v) is 4.07. The predicted molar refractivity (Wildman–Crippen MR) is 48.5 cm³/mol. The highest BCUT2D eigenvalue weighted by Gasteiger charge is 2.15. The summed E-state index contributed by atoms with van der Waals surface area (Å²) in [6.07, 6.45) is 0.951. The minimum atomic E-state index is -3.83. The Bertz CT molecular complexity index is 453. The summed E-state index contributed by atoms with van der Waals surface area (Å²) in [5.74, 6) is -1.17. The van der Waals surface area contributed by atoms with Gasteiger partial charge in [-0.1, -0.05) is 4.89 Å². The lowest BCUT2D eigenvalue weighted by Gasteiger charge is -2.02. The van der Waals surface area contributed by atoms with E-state index in [1.807, 2.05) is 0 Å². The number of carboxylic acids is 1. The molecule has 0 unspecified atom stereocenters. The van der Waals surface area contributed by atoms with Crippen molar-refractivity contribution in [2.75, 3.05) is 7.11 Å². The summed E-state index contributed by atoms with van der Waals surface area (Å²) in [6.45, 7) is 0. The van der Waals surface area contributed by atoms with Gasteiger partial charge in [-0.3, -0.25) is 4.84 Å². The molecule has 0 aliphatic rings. The smallest absolute Gasteiger partial charge is 0.337 e. The van der Waals surface area contributed by atoms with Gasteiger partial charge in [-0.25, -0.2) is 18.2 Å². The molecule has 0 saturated carbocycles. The second-order valence-electron chi connectivity index (χ2n) is 2.48. The van der Waals surface area contributed by atoms with Gasteiger partial charge in [0.1, 0.15) is 0 Å². The van der Waals surface area contributed by atoms with Crippen LogP contribution in [0.1, 0.15) is 10.4 Å². The zero-order valence-electron chi connectivity index (χ0n) is 7.67. The first kappa shape index (κ1) is 11.6. The molecule has 0 aromatic carbocycles. The van der Waals surface area contributed by atoms with Crippen molar-refractivity contribution in [1.29, 1.82) is 0 Å². The fraction of sp³-hybridized carbons (Fsp3) is 0.143. The van der Waals surface area contributed by atoms with Gasteiger partial charge in [0, 0.05) is 6.20 Å². The number of pyridine rings is 1. The van der Waals surface area contributed by atoms with Gasteiger partial charge in [-0.15, -0.1) is 0 Å². The van der Waals surface area contributed by atoms with Crippen molar-refractivity contribution in [2.24, 2.45) is 0 Å². The van der Waals surface area contributed by atoms with Crippen LogP contribution in [-0.4, -0.2) is 31.6 Å². The molecular formula is C7H8N2O5S. The Balaban J connectivity index is 3.04. The maximum absolute atomic E-state index is 11.3. The maximum atomic E-state index is 11.3. The highest BCUT2D eigenvalue weighted by molar-refractivity contribution is 7.89. The van der Waals surface area contributed by atoms with E-state index in [9.17, 15) is 13.2 Å². The van der Waals surface area contributed by atoms with Gasteiger partial charge in [0.2, 0.25) is 0 Å². The maximum Gasteiger partial charge on any atom is 0.337 e. The molecule has 1 aromatic heterocycles. The molecule has 0 bridgehead atoms. The van der Waals surface area contributed by atoms with Gasteiger partial charge in [-0.2, -0.15) is 0 Å². The van der Waals surface area contributed by atoms with Gasteiger partial charge in [0.25, 0.3) is 10.0 Å². The second kappa shape index (κ2) is 4.34. The van der Waals surface area contributed by atoms with Crippen LogP contribution in [-0.2, 0) is 14.9 Å². The number of carboxylic acid groups (broad SMARTS) is 1. The molecule has 1 aromatic rings. The van der Waals surface area contributed by atoms with Crippen LogP contribution in [0.4, 0.5) is 0 Å². The van der Waals surface area contributed by atoms with Gasteiger partial charge in [-0.05, 0) is 12.1 Å². The molecule has 82 valence electrons. The number of nitrogens with one attached hydrogen (secondary N) is 1. The first-order valence-electron chi connectivity index (χ1n) is 3.71. The Hall–Kier alpha value is -1.51. The van der Waals surface area contributed by atoms with E-state index < -0.39 is 16.0 Å². The standard InChI is InChI=1S/C7H8N2O5S/c1-14-9-15(12,13)6-3-2-5(4-8-6)7(10)11/h2-4,9H,1H3,(H,10,11). The number of carbonyl (C=O) groups is 1. The van der Waals surface area contributed by atoms with Gasteiger partial charge >= 0.3 is 5.97 Å². The first-order valence-corrected chi connectivity index (χ1v) is 5.20. The van der Waals surface area contributed by atoms with Crippen molar-refractivity contribution < 1.29 is 23.2 Å². The van der Waals surface area contributed by atoms with Crippen molar-refractivity contribution in [3.05, 3.63) is 23.9 Å². The van der Waals surface area contributed by atoms with Crippen LogP contribution in [0.25, 0.3) is 0 Å². The molecule has 8 heteroatoms. The van der Waals surface area contributed by atoms with Crippen molar-refractivity contribution in [3.8, 4) is 0 Å². The topological polar surface area (TPSA) is 106 Å². The van der Waals surface area contributed by atoms with Crippen LogP contribution in [0.5, 0.6) is 0 Å². The number of aromatic carboxylic acids is 1. The van der Waals surface area contributed by atoms with Crippen LogP contribution in [0, 0.1) is 0 Å². The van der Waals surface area contributed by atoms with Crippen LogP contribution in [0.3, 0.4) is 0 Å². The molecule has 0 spiro atoms. The third-order valence-corrected chi connectivity index (χ3v) is 2.63. The third-order valence-electron chi connectivity index (χ3n) is 1.45. The molecule has 1 rings (SSSR count). The minimum absolute atomic E-state index is 0.0913. The Kier molecular flexibility index (Phi) is 3.35. The average Bonchev–Trinajstić information content (AvgIpc) is 2.18. The Morgan fingerprint density at radius 1 is 1.53 bits per heavy atom. The third kappa shape index (κ3) is 2.72. The Morgan fingerprint density at radius 2 is 2.20 bits per heavy atom. The number of hydrogen-bond acceptors (Lipinski definition) is 5. The van der Waals surface area contributed by atoms with E-state index in [4.69, 9.17) is 5.11 Å². The van der Waals surface area contributed by atoms with Gasteiger partial charge < -0.3 is 5.11 Å². The molecule has 0 radical (unpaired) electrons. The number of sulfonamides is 1. The number of aromatic nitrogens is 1. The van der Waals surface area contributed by atoms with E-state index in [0.29, 0.717) is 0 Å². The molecule has 2 N–H and O–H groups in total. The molecule has 15 heavy (non-hydrogen) atoms. The summed E-state index contributed by atoms with van der Waals surface area (Å²) >= 11 is 0. The molecule has 7 nitrogen and oxygen atoms in total. The van der Waals surface area contributed by atoms with Gasteiger partial charge in [0.05, 0.1) is 12.7 Å². The molecule has 0 aliphatic carbocycles. The number of rotatable bonds is 4. The Morgan fingerprint density at radius 3 is 2.60 bits per heavy atom. The molecular weight excluding hydrogens is 224 g/mol. The fourth-order valence-corrected chi connectivity index (χ4v) is 1.56. The zero-order chi connectivity index (χ0) is 11.5. The molecule has 0 atom stereocenters. The SMILES string of the molecule is CONS(=O)(=O)c1ccc(C(=O)O)cn1. The van der Waals surface area contributed by atoms with Crippen LogP contribution in [0.15, 0.2) is 23.4 Å². The van der Waals surface area contributed by atoms with E-state index in [2.05, 4.69) is 9.82 Å². The molecule has 0 aliphatic heterocycles. The Labute approximate surface area is 85.7 Å². The molecule has 0 saturated heterocycles. The van der Waals surface area contributed by atoms with E-state index in [0.717, 1.165) is 25.4 Å². The fourth-order valence-electron chi connectivity index (χ4n) is 0.818. The summed E-state index contributed by atoms with van der Waals surface area (Å²) in [7, 11) is -2.69. The molecule has 1 heterocycles. The number of nitrogens with zero attached hydrogens (tertiary/aromatic N) is 1. The number of hydrogen-bond donors (Lipinski definition) is 2. The van der Waals surface area contributed by atoms with E-state index in [-0.39, 0.29) is 10.6 Å². The van der Waals surface area contributed by atoms with Gasteiger partial charge in [0.15, 0.2) is 5.03 Å². The van der Waals surface area contributed by atoms with Crippen molar-refractivity contribution in [2.45, 2.75) is 5.03 Å². The predicted octanol–water partition coefficient (Wildman–Crippen LogP) is -0.381. The van der Waals surface area contributed by atoms with Crippen LogP contribution < -0.4 is 4.89 Å². The summed E-state index contributed by atoms with van der Waals surface area (Å²) in [4.78, 5) is 19.9. The summed E-state index contributed by atoms with van der Waals surface area (Å²) in [5.41, 5.74) is -0.0913. The average molecular weight is 232 g/mol. The monoisotopic (exact) mass is 232 g/mol. The first-order chi connectivity index (χ1) is 6.97. The van der Waals surface area contributed by atoms with Crippen LogP contribution in [0.2, 0.25) is 0 Å². The van der Waals surface area contributed by atoms with E-state index in [1.165, 1.54) is 0 Å². The van der Waals surface area contributed by atoms with E-state index in [1.54, 1.807) is 4.89 Å². The van der Waals surface area contributed by atoms with Crippen LogP contribution >= 0.6 is 0 Å². The van der Waals surface area contributed by atoms with E-state index >= 15 is 0 Å². The molecule has 0 amide bonds. The lowest BCUT2D eigenvalue weighted by atomic mass is 10.3. The highest BCUT2D eigenvalue weighted by Crippen LogP contribution is 2.06. The van der Waals surface area contributed by atoms with Crippen molar-refractivity contribution >= 4 is 16.0 Å². The minimum Gasteiger partial charge on any atom is -0.478 e. The zero-order valence-corrected chi connectivity index (χ0v) is 8.48. The lowest BCUT2D eigenvalue weighted by Crippen LogP contribution is -2.23. The lowest BCUT2D eigenvalue weighted by molar-refractivity contribution is 0.0696. The highest BCUT2D eigenvalue weighted by atomic mass is 32.2. The summed E-state index contributed by atoms with van der Waals surface area (Å²) in [6, 6.07) is 2.21. The molecule has 0 fully saturated rings. The van der Waals surface area contributed by atoms with Crippen molar-refractivity contribution in [3.63, 3.8) is 0 Å².